The van der Waals surface area contributed by atoms with Crippen molar-refractivity contribution in [1.82, 2.24) is 4.90 Å². The maximum absolute atomic E-state index is 13.2. The molecule has 1 atom stereocenters. The van der Waals surface area contributed by atoms with Crippen molar-refractivity contribution in [3.05, 3.63) is 95.6 Å². The lowest BCUT2D eigenvalue weighted by molar-refractivity contribution is -0.132. The Kier molecular flexibility index (Phi) is 5.14. The van der Waals surface area contributed by atoms with Gasteiger partial charge in [-0.3, -0.25) is 4.79 Å². The average Bonchev–Trinajstić information content (AvgIpc) is 2.81. The minimum Gasteiger partial charge on any atom is -0.489 e. The Hall–Kier alpha value is -3.27. The Morgan fingerprint density at radius 2 is 1.63 bits per heavy atom. The maximum atomic E-state index is 13.2. The Labute approximate surface area is 177 Å². The van der Waals surface area contributed by atoms with Crippen LogP contribution in [0.2, 0.25) is 0 Å². The third-order valence-electron chi connectivity index (χ3n) is 6.14. The van der Waals surface area contributed by atoms with Crippen LogP contribution in [-0.4, -0.2) is 30.0 Å². The number of carbonyl (C=O) groups is 1. The first-order chi connectivity index (χ1) is 14.8. The number of fused-ring (bicyclic) bond motifs is 2. The first-order valence-corrected chi connectivity index (χ1v) is 10.6. The lowest BCUT2D eigenvalue weighted by atomic mass is 9.99. The van der Waals surface area contributed by atoms with Crippen LogP contribution in [0.1, 0.15) is 23.1 Å². The zero-order chi connectivity index (χ0) is 20.3. The quantitative estimate of drug-likeness (QED) is 0.652. The molecule has 3 aromatic carbocycles. The van der Waals surface area contributed by atoms with E-state index >= 15 is 0 Å². The Morgan fingerprint density at radius 1 is 0.900 bits per heavy atom. The Bertz CT molecular complexity index is 1030. The van der Waals surface area contributed by atoms with E-state index in [0.29, 0.717) is 19.6 Å². The van der Waals surface area contributed by atoms with E-state index in [2.05, 4.69) is 59.5 Å². The molecule has 2 aliphatic rings. The Morgan fingerprint density at radius 3 is 2.50 bits per heavy atom. The van der Waals surface area contributed by atoms with E-state index in [1.807, 2.05) is 29.2 Å². The second-order valence-corrected chi connectivity index (χ2v) is 8.08. The summed E-state index contributed by atoms with van der Waals surface area (Å²) >= 11 is 0. The van der Waals surface area contributed by atoms with Crippen molar-refractivity contribution >= 4 is 11.6 Å². The fourth-order valence-corrected chi connectivity index (χ4v) is 4.49. The van der Waals surface area contributed by atoms with Gasteiger partial charge in [0.1, 0.15) is 12.4 Å². The van der Waals surface area contributed by atoms with Crippen molar-refractivity contribution in [2.75, 3.05) is 18.1 Å². The van der Waals surface area contributed by atoms with Crippen LogP contribution in [0.5, 0.6) is 5.75 Å². The molecule has 2 heterocycles. The molecule has 152 valence electrons. The fourth-order valence-electron chi connectivity index (χ4n) is 4.49. The molecule has 4 heteroatoms. The SMILES string of the molecule is O=C(CC1COc2ccccc2N1Cc1ccccc1)N1CCc2ccccc2C1. The molecular weight excluding hydrogens is 372 g/mol. The van der Waals surface area contributed by atoms with Crippen LogP contribution in [0.15, 0.2) is 78.9 Å². The van der Waals surface area contributed by atoms with Gasteiger partial charge < -0.3 is 14.5 Å². The van der Waals surface area contributed by atoms with Gasteiger partial charge in [0.2, 0.25) is 5.91 Å². The van der Waals surface area contributed by atoms with Crippen LogP contribution >= 0.6 is 0 Å². The molecule has 0 saturated heterocycles. The number of rotatable bonds is 4. The molecule has 0 fully saturated rings. The first-order valence-electron chi connectivity index (χ1n) is 10.6. The number of para-hydroxylation sites is 2. The second-order valence-electron chi connectivity index (χ2n) is 8.08. The van der Waals surface area contributed by atoms with E-state index in [4.69, 9.17) is 4.74 Å². The van der Waals surface area contributed by atoms with Crippen molar-refractivity contribution in [2.45, 2.75) is 32.0 Å². The summed E-state index contributed by atoms with van der Waals surface area (Å²) in [6.07, 6.45) is 1.39. The third-order valence-corrected chi connectivity index (χ3v) is 6.14. The molecule has 1 unspecified atom stereocenters. The summed E-state index contributed by atoms with van der Waals surface area (Å²) in [7, 11) is 0. The second kappa shape index (κ2) is 8.23. The summed E-state index contributed by atoms with van der Waals surface area (Å²) < 4.78 is 6.04. The van der Waals surface area contributed by atoms with Crippen LogP contribution in [0.3, 0.4) is 0 Å². The number of anilines is 1. The number of nitrogens with zero attached hydrogens (tertiary/aromatic N) is 2. The smallest absolute Gasteiger partial charge is 0.225 e. The van der Waals surface area contributed by atoms with Crippen molar-refractivity contribution in [1.29, 1.82) is 0 Å². The minimum atomic E-state index is 0.0183. The number of hydrogen-bond donors (Lipinski definition) is 0. The van der Waals surface area contributed by atoms with Gasteiger partial charge in [-0.2, -0.15) is 0 Å². The topological polar surface area (TPSA) is 32.8 Å². The lowest BCUT2D eigenvalue weighted by Gasteiger charge is -2.39. The molecule has 4 nitrogen and oxygen atoms in total. The number of hydrogen-bond acceptors (Lipinski definition) is 3. The lowest BCUT2D eigenvalue weighted by Crippen LogP contribution is -2.47. The molecule has 3 aromatic rings. The van der Waals surface area contributed by atoms with Gasteiger partial charge in [-0.1, -0.05) is 66.7 Å². The molecule has 0 radical (unpaired) electrons. The van der Waals surface area contributed by atoms with Gasteiger partial charge in [0.05, 0.1) is 18.2 Å². The zero-order valence-corrected chi connectivity index (χ0v) is 17.0. The largest absolute Gasteiger partial charge is 0.489 e. The molecule has 0 saturated carbocycles. The van der Waals surface area contributed by atoms with Crippen LogP contribution in [0.4, 0.5) is 5.69 Å². The highest BCUT2D eigenvalue weighted by Crippen LogP contribution is 2.36. The van der Waals surface area contributed by atoms with Gasteiger partial charge in [-0.15, -0.1) is 0 Å². The molecule has 1 amide bonds. The number of carbonyl (C=O) groups excluding carboxylic acids is 1. The van der Waals surface area contributed by atoms with E-state index in [1.54, 1.807) is 0 Å². The average molecular weight is 399 g/mol. The summed E-state index contributed by atoms with van der Waals surface area (Å²) in [5, 5.41) is 0. The molecule has 0 aromatic heterocycles. The Balaban J connectivity index is 1.35. The highest BCUT2D eigenvalue weighted by Gasteiger charge is 2.31. The zero-order valence-electron chi connectivity index (χ0n) is 17.0. The van der Waals surface area contributed by atoms with E-state index in [1.165, 1.54) is 16.7 Å². The van der Waals surface area contributed by atoms with Crippen molar-refractivity contribution in [3.63, 3.8) is 0 Å². The summed E-state index contributed by atoms with van der Waals surface area (Å²) in [5.74, 6) is 1.10. The predicted molar refractivity (Wildman–Crippen MR) is 119 cm³/mol. The van der Waals surface area contributed by atoms with Gasteiger partial charge in [0.15, 0.2) is 0 Å². The molecule has 0 aliphatic carbocycles. The first kappa shape index (κ1) is 18.7. The number of benzene rings is 3. The van der Waals surface area contributed by atoms with Crippen molar-refractivity contribution < 1.29 is 9.53 Å². The number of amides is 1. The van der Waals surface area contributed by atoms with E-state index in [9.17, 15) is 4.79 Å². The van der Waals surface area contributed by atoms with Gasteiger partial charge in [-0.05, 0) is 35.2 Å². The predicted octanol–water partition coefficient (Wildman–Crippen LogP) is 4.43. The molecule has 0 spiro atoms. The van der Waals surface area contributed by atoms with Crippen LogP contribution < -0.4 is 9.64 Å². The number of ether oxygens (including phenoxy) is 1. The summed E-state index contributed by atoms with van der Waals surface area (Å²) in [6.45, 7) is 2.79. The highest BCUT2D eigenvalue weighted by molar-refractivity contribution is 5.78. The molecule has 5 rings (SSSR count). The molecule has 0 bridgehead atoms. The normalized spacial score (nSPS) is 17.7. The minimum absolute atomic E-state index is 0.0183. The molecular formula is C26H26N2O2. The molecule has 0 N–H and O–H groups in total. The summed E-state index contributed by atoms with van der Waals surface area (Å²) in [5.41, 5.74) is 4.93. The highest BCUT2D eigenvalue weighted by atomic mass is 16.5. The van der Waals surface area contributed by atoms with Crippen LogP contribution in [-0.2, 0) is 24.3 Å². The van der Waals surface area contributed by atoms with Crippen molar-refractivity contribution in [2.24, 2.45) is 0 Å². The van der Waals surface area contributed by atoms with Gasteiger partial charge in [0.25, 0.3) is 0 Å². The fraction of sp³-hybridized carbons (Fsp3) is 0.269. The third kappa shape index (κ3) is 3.78. The van der Waals surface area contributed by atoms with Crippen LogP contribution in [0, 0.1) is 0 Å². The van der Waals surface area contributed by atoms with Crippen LogP contribution in [0.25, 0.3) is 0 Å². The van der Waals surface area contributed by atoms with E-state index < -0.39 is 0 Å². The monoisotopic (exact) mass is 398 g/mol. The van der Waals surface area contributed by atoms with Gasteiger partial charge >= 0.3 is 0 Å². The van der Waals surface area contributed by atoms with E-state index in [0.717, 1.165) is 30.9 Å². The van der Waals surface area contributed by atoms with Gasteiger partial charge in [-0.25, -0.2) is 0 Å². The van der Waals surface area contributed by atoms with Gasteiger partial charge in [0, 0.05) is 19.6 Å². The van der Waals surface area contributed by atoms with E-state index in [-0.39, 0.29) is 11.9 Å². The van der Waals surface area contributed by atoms with Crippen molar-refractivity contribution in [3.8, 4) is 5.75 Å². The summed E-state index contributed by atoms with van der Waals surface area (Å²) in [4.78, 5) is 17.6. The molecule has 2 aliphatic heterocycles. The maximum Gasteiger partial charge on any atom is 0.225 e. The molecule has 30 heavy (non-hydrogen) atoms. The standard InChI is InChI=1S/C26H26N2O2/c29-26(27-15-14-21-10-4-5-11-22(21)18-27)16-23-19-30-25-13-7-6-12-24(25)28(23)17-20-8-2-1-3-9-20/h1-13,23H,14-19H2. The summed E-state index contributed by atoms with van der Waals surface area (Å²) in [6, 6.07) is 27.0.